The van der Waals surface area contributed by atoms with Gasteiger partial charge in [0.15, 0.2) is 0 Å². The van der Waals surface area contributed by atoms with Gasteiger partial charge in [0.2, 0.25) is 0 Å². The molecule has 3 aromatic carbocycles. The molecule has 0 bridgehead atoms. The van der Waals surface area contributed by atoms with Crippen LogP contribution in [0.5, 0.6) is 0 Å². The zero-order valence-electron chi connectivity index (χ0n) is 16.4. The second-order valence-corrected chi connectivity index (χ2v) is 7.10. The van der Waals surface area contributed by atoms with Gasteiger partial charge in [-0.2, -0.15) is 0 Å². The van der Waals surface area contributed by atoms with Crippen molar-refractivity contribution in [2.45, 2.75) is 0 Å². The lowest BCUT2D eigenvalue weighted by Gasteiger charge is -2.12. The molecule has 5 nitrogen and oxygen atoms in total. The Labute approximate surface area is 184 Å². The number of nitrogens with zero attached hydrogens (tertiary/aromatic N) is 1. The van der Waals surface area contributed by atoms with Crippen molar-refractivity contribution in [3.63, 3.8) is 0 Å². The molecule has 1 aromatic heterocycles. The van der Waals surface area contributed by atoms with E-state index in [1.807, 2.05) is 42.5 Å². The van der Waals surface area contributed by atoms with E-state index in [9.17, 15) is 9.59 Å². The minimum Gasteiger partial charge on any atom is -0.322 e. The van der Waals surface area contributed by atoms with E-state index < -0.39 is 11.8 Å². The molecule has 31 heavy (non-hydrogen) atoms. The Hall–Kier alpha value is -3.96. The third-order valence-electron chi connectivity index (χ3n) is 4.65. The summed E-state index contributed by atoms with van der Waals surface area (Å²) >= 11 is 6.16. The minimum atomic E-state index is -0.552. The Morgan fingerprint density at radius 1 is 0.774 bits per heavy atom. The fourth-order valence-electron chi connectivity index (χ4n) is 3.14. The van der Waals surface area contributed by atoms with Crippen LogP contribution in [0.3, 0.4) is 0 Å². The molecule has 0 aliphatic carbocycles. The molecule has 0 atom stereocenters. The summed E-state index contributed by atoms with van der Waals surface area (Å²) in [6.45, 7) is 0. The molecular formula is C25H18ClN3O2. The van der Waals surface area contributed by atoms with Crippen LogP contribution in [0.25, 0.3) is 16.8 Å². The number of carbonyl (C=O) groups excluding carboxylic acids is 2. The van der Waals surface area contributed by atoms with Crippen molar-refractivity contribution in [1.29, 1.82) is 0 Å². The second-order valence-electron chi connectivity index (χ2n) is 6.74. The largest absolute Gasteiger partial charge is 0.322 e. The Kier molecular flexibility index (Phi) is 6.05. The Morgan fingerprint density at radius 3 is 2.29 bits per heavy atom. The molecule has 6 heteroatoms. The molecule has 0 aliphatic heterocycles. The molecule has 1 heterocycles. The van der Waals surface area contributed by atoms with Gasteiger partial charge < -0.3 is 10.6 Å². The zero-order chi connectivity index (χ0) is 21.6. The normalized spacial score (nSPS) is 11.2. The molecule has 0 aliphatic rings. The highest BCUT2D eigenvalue weighted by Crippen LogP contribution is 2.24. The first kappa shape index (κ1) is 20.3. The summed E-state index contributed by atoms with van der Waals surface area (Å²) in [7, 11) is 0. The molecular weight excluding hydrogens is 410 g/mol. The molecule has 0 fully saturated rings. The lowest BCUT2D eigenvalue weighted by Crippen LogP contribution is -2.25. The van der Waals surface area contributed by atoms with Crippen molar-refractivity contribution in [2.75, 3.05) is 10.6 Å². The maximum Gasteiger partial charge on any atom is 0.261 e. The van der Waals surface area contributed by atoms with Gasteiger partial charge in [-0.3, -0.25) is 9.59 Å². The van der Waals surface area contributed by atoms with E-state index in [2.05, 4.69) is 15.6 Å². The zero-order valence-corrected chi connectivity index (χ0v) is 17.1. The van der Waals surface area contributed by atoms with Gasteiger partial charge in [0.1, 0.15) is 10.7 Å². The van der Waals surface area contributed by atoms with Gasteiger partial charge >= 0.3 is 0 Å². The maximum atomic E-state index is 13.2. The average molecular weight is 428 g/mol. The van der Waals surface area contributed by atoms with Gasteiger partial charge in [-0.05, 0) is 35.7 Å². The third kappa shape index (κ3) is 4.79. The van der Waals surface area contributed by atoms with E-state index in [1.54, 1.807) is 48.7 Å². The van der Waals surface area contributed by atoms with Gasteiger partial charge in [-0.25, -0.2) is 4.98 Å². The number of nitrogens with one attached hydrogen (secondary N) is 2. The summed E-state index contributed by atoms with van der Waals surface area (Å²) in [5.74, 6) is -1.10. The van der Waals surface area contributed by atoms with Crippen LogP contribution < -0.4 is 10.6 Å². The van der Waals surface area contributed by atoms with E-state index in [1.165, 1.54) is 6.08 Å². The first-order valence-electron chi connectivity index (χ1n) is 9.59. The first-order chi connectivity index (χ1) is 15.1. The van der Waals surface area contributed by atoms with E-state index in [-0.39, 0.29) is 10.7 Å². The number of para-hydroxylation sites is 1. The fraction of sp³-hybridized carbons (Fsp3) is 0. The van der Waals surface area contributed by atoms with Gasteiger partial charge in [0, 0.05) is 28.5 Å². The first-order valence-corrected chi connectivity index (χ1v) is 9.97. The van der Waals surface area contributed by atoms with Crippen molar-refractivity contribution in [3.8, 4) is 0 Å². The number of amides is 2. The summed E-state index contributed by atoms with van der Waals surface area (Å²) in [6.07, 6.45) is 2.98. The van der Waals surface area contributed by atoms with Crippen LogP contribution in [0.1, 0.15) is 5.56 Å². The van der Waals surface area contributed by atoms with E-state index >= 15 is 0 Å². The average Bonchev–Trinajstić information content (AvgIpc) is 2.79. The van der Waals surface area contributed by atoms with Crippen molar-refractivity contribution in [2.24, 2.45) is 0 Å². The van der Waals surface area contributed by atoms with Gasteiger partial charge in [0.25, 0.3) is 11.8 Å². The highest BCUT2D eigenvalue weighted by Gasteiger charge is 2.20. The van der Waals surface area contributed by atoms with E-state index in [4.69, 9.17) is 11.6 Å². The predicted molar refractivity (Wildman–Crippen MR) is 125 cm³/mol. The maximum absolute atomic E-state index is 13.2. The molecule has 4 rings (SSSR count). The monoisotopic (exact) mass is 427 g/mol. The highest BCUT2D eigenvalue weighted by molar-refractivity contribution is 6.33. The second kappa shape index (κ2) is 9.24. The number of hydrogen-bond donors (Lipinski definition) is 2. The standard InChI is InChI=1S/C25H18ClN3O2/c26-23-18(10-7-15-27-23)16-21(24(30)28-19-11-2-1-3-12-19)25(31)29-22-14-6-9-17-8-4-5-13-20(17)22/h1-16H,(H,28,30)(H,29,31)/b21-16+. The van der Waals surface area contributed by atoms with Crippen molar-refractivity contribution < 1.29 is 9.59 Å². The summed E-state index contributed by atoms with van der Waals surface area (Å²) in [5.41, 5.74) is 1.56. The molecule has 0 saturated carbocycles. The fourth-order valence-corrected chi connectivity index (χ4v) is 3.31. The molecule has 2 N–H and O–H groups in total. The number of pyridine rings is 1. The minimum absolute atomic E-state index is 0.0910. The van der Waals surface area contributed by atoms with Crippen LogP contribution in [-0.4, -0.2) is 16.8 Å². The number of anilines is 2. The van der Waals surface area contributed by atoms with Crippen LogP contribution in [0, 0.1) is 0 Å². The Balaban J connectivity index is 1.70. The number of carbonyl (C=O) groups is 2. The quantitative estimate of drug-likeness (QED) is 0.190. The Morgan fingerprint density at radius 2 is 1.48 bits per heavy atom. The third-order valence-corrected chi connectivity index (χ3v) is 4.96. The SMILES string of the molecule is O=C(Nc1ccccc1)/C(=C\c1cccnc1Cl)C(=O)Nc1cccc2ccccc12. The van der Waals surface area contributed by atoms with Crippen molar-refractivity contribution >= 4 is 51.6 Å². The molecule has 0 spiro atoms. The molecule has 0 radical (unpaired) electrons. The number of rotatable bonds is 5. The number of benzene rings is 3. The molecule has 0 unspecified atom stereocenters. The van der Waals surface area contributed by atoms with Crippen molar-refractivity contribution in [3.05, 3.63) is 107 Å². The van der Waals surface area contributed by atoms with Crippen LogP contribution in [0.15, 0.2) is 96.7 Å². The van der Waals surface area contributed by atoms with E-state index in [0.717, 1.165) is 10.8 Å². The van der Waals surface area contributed by atoms with Crippen LogP contribution >= 0.6 is 11.6 Å². The van der Waals surface area contributed by atoms with Crippen LogP contribution in [0.2, 0.25) is 5.15 Å². The highest BCUT2D eigenvalue weighted by atomic mass is 35.5. The summed E-state index contributed by atoms with van der Waals surface area (Å²) in [6, 6.07) is 25.6. The summed E-state index contributed by atoms with van der Waals surface area (Å²) < 4.78 is 0. The van der Waals surface area contributed by atoms with Gasteiger partial charge in [-0.15, -0.1) is 0 Å². The smallest absolute Gasteiger partial charge is 0.261 e. The van der Waals surface area contributed by atoms with Gasteiger partial charge in [0.05, 0.1) is 0 Å². The molecule has 4 aromatic rings. The van der Waals surface area contributed by atoms with Crippen molar-refractivity contribution in [1.82, 2.24) is 4.98 Å². The number of hydrogen-bond acceptors (Lipinski definition) is 3. The van der Waals surface area contributed by atoms with Crippen LogP contribution in [0.4, 0.5) is 11.4 Å². The molecule has 0 saturated heterocycles. The molecule has 2 amide bonds. The lowest BCUT2D eigenvalue weighted by atomic mass is 10.1. The number of halogens is 1. The van der Waals surface area contributed by atoms with Gasteiger partial charge in [-0.1, -0.05) is 72.3 Å². The lowest BCUT2D eigenvalue weighted by molar-refractivity contribution is -0.118. The Bertz CT molecular complexity index is 1280. The predicted octanol–water partition coefficient (Wildman–Crippen LogP) is 5.55. The topological polar surface area (TPSA) is 71.1 Å². The summed E-state index contributed by atoms with van der Waals surface area (Å²) in [4.78, 5) is 30.2. The summed E-state index contributed by atoms with van der Waals surface area (Å²) in [5, 5.41) is 7.67. The number of fused-ring (bicyclic) bond motifs is 1. The van der Waals surface area contributed by atoms with Crippen LogP contribution in [-0.2, 0) is 9.59 Å². The number of aromatic nitrogens is 1. The molecule has 152 valence electrons. The van der Waals surface area contributed by atoms with E-state index in [0.29, 0.717) is 16.9 Å².